The van der Waals surface area contributed by atoms with Crippen LogP contribution in [0.3, 0.4) is 0 Å². The highest BCUT2D eigenvalue weighted by Gasteiger charge is 2.26. The van der Waals surface area contributed by atoms with Crippen molar-refractivity contribution >= 4 is 23.6 Å². The molecule has 0 aromatic carbocycles. The molecule has 2 bridgehead atoms. The van der Waals surface area contributed by atoms with Crippen LogP contribution in [-0.2, 0) is 32.0 Å². The van der Waals surface area contributed by atoms with Crippen LogP contribution >= 0.6 is 0 Å². The van der Waals surface area contributed by atoms with Crippen LogP contribution in [0.2, 0.25) is 0 Å². The number of hydrogen-bond donors (Lipinski definition) is 1. The lowest BCUT2D eigenvalue weighted by Gasteiger charge is -2.25. The van der Waals surface area contributed by atoms with E-state index in [9.17, 15) is 0 Å². The normalized spacial score (nSPS) is 17.1. The second-order valence-corrected chi connectivity index (χ2v) is 10.1. The number of nitrogens with zero attached hydrogens (tertiary/aromatic N) is 8. The number of nitrogen functional groups attached to an aromatic ring is 1. The molecule has 1 atom stereocenters. The monoisotopic (exact) mass is 535 g/mol. The van der Waals surface area contributed by atoms with E-state index in [1.54, 1.807) is 18.0 Å². The molecule has 5 rings (SSSR count). The van der Waals surface area contributed by atoms with Gasteiger partial charge in [-0.15, -0.1) is 5.10 Å². The molecule has 0 saturated carbocycles. The Morgan fingerprint density at radius 2 is 1.97 bits per heavy atom. The largest absolute Gasteiger partial charge is 0.473 e. The van der Waals surface area contributed by atoms with Crippen molar-refractivity contribution in [3.63, 3.8) is 0 Å². The molecule has 12 nitrogen and oxygen atoms in total. The van der Waals surface area contributed by atoms with Crippen molar-refractivity contribution in [1.82, 2.24) is 38.8 Å². The van der Waals surface area contributed by atoms with Crippen LogP contribution in [0, 0.1) is 0 Å². The standard InChI is InChI=1S/C27H37N9O3/c1-8-35-12-17(4)39-27-23(21(15-37-7)31-34(27)6)20-13-36-18(11-29-25(36)24(28)30-20)9-10-19-22(14-35)33(5)32-26(19)38-16(2)3/h9-11,13,16-17H,8,12,14-15H2,1-7H3,(H2,28,30)/b10-9+/t17-/m0/s1. The Hall–Kier alpha value is -3.90. The molecule has 0 amide bonds. The van der Waals surface area contributed by atoms with E-state index in [1.807, 2.05) is 55.4 Å². The zero-order valence-corrected chi connectivity index (χ0v) is 23.7. The molecule has 208 valence electrons. The highest BCUT2D eigenvalue weighted by atomic mass is 16.5. The molecule has 0 saturated heterocycles. The molecular formula is C27H37N9O3. The highest BCUT2D eigenvalue weighted by molar-refractivity contribution is 5.77. The maximum absolute atomic E-state index is 6.56. The van der Waals surface area contributed by atoms with Crippen molar-refractivity contribution < 1.29 is 14.2 Å². The van der Waals surface area contributed by atoms with Crippen molar-refractivity contribution in [2.24, 2.45) is 14.1 Å². The van der Waals surface area contributed by atoms with Gasteiger partial charge in [0, 0.05) is 40.5 Å². The summed E-state index contributed by atoms with van der Waals surface area (Å²) >= 11 is 0. The number of nitrogens with two attached hydrogens (primary N) is 1. The van der Waals surface area contributed by atoms with Crippen LogP contribution < -0.4 is 15.2 Å². The van der Waals surface area contributed by atoms with Gasteiger partial charge in [-0.3, -0.25) is 14.0 Å². The maximum Gasteiger partial charge on any atom is 0.240 e. The first-order chi connectivity index (χ1) is 18.7. The molecule has 4 aromatic rings. The van der Waals surface area contributed by atoms with Gasteiger partial charge in [-0.25, -0.2) is 14.6 Å². The Kier molecular flexibility index (Phi) is 7.32. The first-order valence-electron chi connectivity index (χ1n) is 13.2. The molecule has 5 heterocycles. The summed E-state index contributed by atoms with van der Waals surface area (Å²) in [5.41, 5.74) is 11.9. The third-order valence-electron chi connectivity index (χ3n) is 6.74. The van der Waals surface area contributed by atoms with Gasteiger partial charge < -0.3 is 19.9 Å². The van der Waals surface area contributed by atoms with Gasteiger partial charge >= 0.3 is 0 Å². The van der Waals surface area contributed by atoms with Crippen molar-refractivity contribution in [2.75, 3.05) is 25.9 Å². The third kappa shape index (κ3) is 5.09. The number of fused-ring (bicyclic) bond motifs is 4. The summed E-state index contributed by atoms with van der Waals surface area (Å²) in [7, 11) is 5.46. The Labute approximate surface area is 228 Å². The van der Waals surface area contributed by atoms with Crippen LogP contribution in [0.15, 0.2) is 12.4 Å². The lowest BCUT2D eigenvalue weighted by molar-refractivity contribution is 0.134. The van der Waals surface area contributed by atoms with Crippen LogP contribution in [0.4, 0.5) is 5.82 Å². The number of rotatable bonds is 5. The predicted molar refractivity (Wildman–Crippen MR) is 149 cm³/mol. The zero-order chi connectivity index (χ0) is 27.8. The molecule has 0 spiro atoms. The Morgan fingerprint density at radius 3 is 2.69 bits per heavy atom. The van der Waals surface area contributed by atoms with Crippen molar-refractivity contribution in [3.8, 4) is 23.0 Å². The van der Waals surface area contributed by atoms with E-state index in [1.165, 1.54) is 0 Å². The average Bonchev–Trinajstić information content (AvgIpc) is 3.51. The number of anilines is 1. The minimum Gasteiger partial charge on any atom is -0.473 e. The summed E-state index contributed by atoms with van der Waals surface area (Å²) in [5, 5.41) is 9.40. The number of likely N-dealkylation sites (N-methyl/N-ethyl adjacent to an activating group) is 1. The second kappa shape index (κ2) is 10.7. The summed E-state index contributed by atoms with van der Waals surface area (Å²) in [6.07, 6.45) is 7.58. The van der Waals surface area contributed by atoms with E-state index in [0.717, 1.165) is 34.8 Å². The van der Waals surface area contributed by atoms with Gasteiger partial charge in [0.2, 0.25) is 11.8 Å². The fourth-order valence-electron chi connectivity index (χ4n) is 4.96. The molecule has 2 N–H and O–H groups in total. The molecule has 0 fully saturated rings. The zero-order valence-electron chi connectivity index (χ0n) is 23.7. The lowest BCUT2D eigenvalue weighted by atomic mass is 10.1. The quantitative estimate of drug-likeness (QED) is 0.410. The van der Waals surface area contributed by atoms with Crippen molar-refractivity contribution in [1.29, 1.82) is 0 Å². The number of aryl methyl sites for hydroxylation is 2. The Morgan fingerprint density at radius 1 is 1.18 bits per heavy atom. The number of aromatic nitrogens is 7. The fourth-order valence-corrected chi connectivity index (χ4v) is 4.96. The Balaban J connectivity index is 1.74. The molecule has 4 aromatic heterocycles. The molecule has 0 radical (unpaired) electrons. The van der Waals surface area contributed by atoms with Gasteiger partial charge in [0.1, 0.15) is 11.8 Å². The molecule has 0 unspecified atom stereocenters. The SMILES string of the molecule is CCN1Cc2c(c(OC(C)C)nn2C)/C=C/c2cnc3c(N)nc(cn23)-c2c(COC)nn(C)c2O[C@@H](C)C1. The van der Waals surface area contributed by atoms with Crippen molar-refractivity contribution in [2.45, 2.75) is 53.1 Å². The molecule has 39 heavy (non-hydrogen) atoms. The molecule has 1 aliphatic rings. The van der Waals surface area contributed by atoms with Gasteiger partial charge in [-0.05, 0) is 39.5 Å². The van der Waals surface area contributed by atoms with Crippen molar-refractivity contribution in [3.05, 3.63) is 35.0 Å². The summed E-state index contributed by atoms with van der Waals surface area (Å²) < 4.78 is 23.7. The second-order valence-electron chi connectivity index (χ2n) is 10.1. The van der Waals surface area contributed by atoms with E-state index in [4.69, 9.17) is 35.1 Å². The van der Waals surface area contributed by atoms with E-state index in [0.29, 0.717) is 48.6 Å². The van der Waals surface area contributed by atoms with Gasteiger partial charge in [0.05, 0.1) is 47.1 Å². The van der Waals surface area contributed by atoms with Gasteiger partial charge in [0.25, 0.3) is 0 Å². The molecular weight excluding hydrogens is 498 g/mol. The fraction of sp³-hybridized carbons (Fsp3) is 0.481. The molecule has 1 aliphatic heterocycles. The van der Waals surface area contributed by atoms with Gasteiger partial charge in [-0.1, -0.05) is 6.92 Å². The Bertz CT molecular complexity index is 1510. The van der Waals surface area contributed by atoms with Crippen LogP contribution in [0.1, 0.15) is 50.3 Å². The van der Waals surface area contributed by atoms with E-state index >= 15 is 0 Å². The number of methoxy groups -OCH3 is 1. The third-order valence-corrected chi connectivity index (χ3v) is 6.74. The van der Waals surface area contributed by atoms with E-state index < -0.39 is 0 Å². The van der Waals surface area contributed by atoms with Gasteiger partial charge in [0.15, 0.2) is 11.5 Å². The highest BCUT2D eigenvalue weighted by Crippen LogP contribution is 2.35. The summed E-state index contributed by atoms with van der Waals surface area (Å²) in [6, 6.07) is 0. The number of imidazole rings is 1. The lowest BCUT2D eigenvalue weighted by Crippen LogP contribution is -2.34. The van der Waals surface area contributed by atoms with Gasteiger partial charge in [-0.2, -0.15) is 5.10 Å². The summed E-state index contributed by atoms with van der Waals surface area (Å²) in [5.74, 6) is 1.52. The topological polar surface area (TPSA) is 123 Å². The minimum atomic E-state index is -0.150. The van der Waals surface area contributed by atoms with Crippen LogP contribution in [0.25, 0.3) is 29.1 Å². The summed E-state index contributed by atoms with van der Waals surface area (Å²) in [4.78, 5) is 11.6. The summed E-state index contributed by atoms with van der Waals surface area (Å²) in [6.45, 7) is 10.7. The van der Waals surface area contributed by atoms with Crippen LogP contribution in [-0.4, -0.2) is 71.2 Å². The van der Waals surface area contributed by atoms with Crippen LogP contribution in [0.5, 0.6) is 11.8 Å². The first kappa shape index (κ1) is 26.7. The first-order valence-corrected chi connectivity index (χ1v) is 13.2. The maximum atomic E-state index is 6.56. The number of hydrogen-bond acceptors (Lipinski definition) is 9. The average molecular weight is 536 g/mol. The van der Waals surface area contributed by atoms with E-state index in [2.05, 4.69) is 23.7 Å². The minimum absolute atomic E-state index is 0.0117. The number of ether oxygens (including phenoxy) is 3. The predicted octanol–water partition coefficient (Wildman–Crippen LogP) is 3.15. The molecule has 0 aliphatic carbocycles. The smallest absolute Gasteiger partial charge is 0.240 e. The van der Waals surface area contributed by atoms with E-state index in [-0.39, 0.29) is 12.2 Å². The molecule has 12 heteroatoms.